The van der Waals surface area contributed by atoms with Crippen molar-refractivity contribution >= 4 is 39.6 Å². The van der Waals surface area contributed by atoms with E-state index in [-0.39, 0.29) is 5.91 Å². The van der Waals surface area contributed by atoms with Gasteiger partial charge in [-0.3, -0.25) is 4.79 Å². The van der Waals surface area contributed by atoms with Crippen molar-refractivity contribution in [3.05, 3.63) is 126 Å². The summed E-state index contributed by atoms with van der Waals surface area (Å²) in [6.45, 7) is 2.03. The van der Waals surface area contributed by atoms with Crippen molar-refractivity contribution in [3.63, 3.8) is 0 Å². The molecule has 4 aromatic carbocycles. The Balaban J connectivity index is 1.52. The Morgan fingerprint density at radius 3 is 2.08 bits per heavy atom. The number of benzene rings is 4. The Morgan fingerprint density at radius 2 is 1.38 bits per heavy atom. The zero-order valence-electron chi connectivity index (χ0n) is 21.4. The summed E-state index contributed by atoms with van der Waals surface area (Å²) in [5.74, 6) is 0.199. The molecule has 0 saturated heterocycles. The molecule has 0 unspecified atom stereocenters. The lowest BCUT2D eigenvalue weighted by atomic mass is 9.95. The number of carbonyl (C=O) groups excluding carboxylic acids is 1. The summed E-state index contributed by atoms with van der Waals surface area (Å²) in [6.07, 6.45) is 0.661. The van der Waals surface area contributed by atoms with E-state index in [1.807, 2.05) is 96.5 Å². The van der Waals surface area contributed by atoms with Crippen molar-refractivity contribution in [2.24, 2.45) is 0 Å². The second-order valence-electron chi connectivity index (χ2n) is 9.34. The van der Waals surface area contributed by atoms with Crippen LogP contribution in [0.3, 0.4) is 0 Å². The number of hydrogen-bond acceptors (Lipinski definition) is 3. The van der Waals surface area contributed by atoms with Gasteiger partial charge >= 0.3 is 5.91 Å². The number of hydrogen-bond donors (Lipinski definition) is 1. The minimum absolute atomic E-state index is 0.264. The van der Waals surface area contributed by atoms with E-state index in [1.54, 1.807) is 6.07 Å². The molecule has 0 aliphatic rings. The van der Waals surface area contributed by atoms with Crippen LogP contribution in [0.2, 0.25) is 0 Å². The van der Waals surface area contributed by atoms with E-state index < -0.39 is 0 Å². The molecule has 39 heavy (non-hydrogen) atoms. The molecule has 1 amide bonds. The summed E-state index contributed by atoms with van der Waals surface area (Å²) < 4.78 is 1.87. The predicted molar refractivity (Wildman–Crippen MR) is 157 cm³/mol. The van der Waals surface area contributed by atoms with Crippen LogP contribution < -0.4 is 10.1 Å². The van der Waals surface area contributed by atoms with Gasteiger partial charge in [0.25, 0.3) is 0 Å². The molecule has 0 saturated carbocycles. The lowest BCUT2D eigenvalue weighted by Gasteiger charge is -2.15. The van der Waals surface area contributed by atoms with E-state index in [9.17, 15) is 4.79 Å². The maximum atomic E-state index is 13.9. The Morgan fingerprint density at radius 1 is 0.769 bits per heavy atom. The molecule has 190 valence electrons. The van der Waals surface area contributed by atoms with E-state index in [0.717, 1.165) is 44.7 Å². The molecular formula is C33H26ClN4O+. The molecule has 2 heterocycles. The van der Waals surface area contributed by atoms with Gasteiger partial charge in [-0.25, -0.2) is 9.97 Å². The van der Waals surface area contributed by atoms with Crippen LogP contribution in [0.15, 0.2) is 109 Å². The van der Waals surface area contributed by atoms with E-state index in [1.165, 1.54) is 0 Å². The van der Waals surface area contributed by atoms with Crippen LogP contribution in [-0.4, -0.2) is 21.8 Å². The number of nitrogens with zero attached hydrogens (tertiary/aromatic N) is 3. The van der Waals surface area contributed by atoms with E-state index in [0.29, 0.717) is 28.9 Å². The second kappa shape index (κ2) is 10.6. The number of carbonyl (C=O) groups is 1. The van der Waals surface area contributed by atoms with Crippen LogP contribution in [0.1, 0.15) is 21.6 Å². The lowest BCUT2D eigenvalue weighted by molar-refractivity contribution is -0.636. The molecule has 1 N–H and O–H groups in total. The fraction of sp³-hybridized carbons (Fsp3) is 0.0909. The quantitative estimate of drug-likeness (QED) is 0.145. The first-order valence-corrected chi connectivity index (χ1v) is 13.4. The second-order valence-corrected chi connectivity index (χ2v) is 9.72. The Labute approximate surface area is 231 Å². The number of para-hydroxylation sites is 3. The fourth-order valence-corrected chi connectivity index (χ4v) is 5.23. The Kier molecular flexibility index (Phi) is 6.74. The van der Waals surface area contributed by atoms with Crippen LogP contribution in [-0.2, 0) is 6.42 Å². The van der Waals surface area contributed by atoms with Gasteiger partial charge in [-0.2, -0.15) is 0 Å². The highest BCUT2D eigenvalue weighted by atomic mass is 35.5. The zero-order chi connectivity index (χ0) is 26.8. The van der Waals surface area contributed by atoms with Gasteiger partial charge in [-0.15, -0.1) is 17.0 Å². The highest BCUT2D eigenvalue weighted by Gasteiger charge is 2.27. The van der Waals surface area contributed by atoms with Gasteiger partial charge in [0.05, 0.1) is 22.1 Å². The zero-order valence-corrected chi connectivity index (χ0v) is 22.2. The highest BCUT2D eigenvalue weighted by Crippen LogP contribution is 2.30. The van der Waals surface area contributed by atoms with E-state index >= 15 is 0 Å². The van der Waals surface area contributed by atoms with Gasteiger partial charge in [0.15, 0.2) is 0 Å². The van der Waals surface area contributed by atoms with Crippen LogP contribution in [0.5, 0.6) is 0 Å². The number of halogens is 1. The molecule has 0 aliphatic heterocycles. The SMILES string of the molecule is Cc1c(CCCl)c(-c2ccccc2)cc(-c2ccccc2)[n+]1NC(=O)c1cccc2nc3ccccc3nc12. The number of amides is 1. The summed E-state index contributed by atoms with van der Waals surface area (Å²) in [4.78, 5) is 23.4. The molecule has 0 atom stereocenters. The van der Waals surface area contributed by atoms with Crippen LogP contribution in [0, 0.1) is 6.92 Å². The van der Waals surface area contributed by atoms with Gasteiger partial charge in [-0.1, -0.05) is 71.4 Å². The molecular weight excluding hydrogens is 504 g/mol. The number of nitrogens with one attached hydrogen (secondary N) is 1. The predicted octanol–water partition coefficient (Wildman–Crippen LogP) is 6.88. The highest BCUT2D eigenvalue weighted by molar-refractivity contribution is 6.18. The molecule has 5 nitrogen and oxygen atoms in total. The normalized spacial score (nSPS) is 11.1. The first kappa shape index (κ1) is 24.7. The summed E-state index contributed by atoms with van der Waals surface area (Å²) in [6, 6.07) is 35.7. The van der Waals surface area contributed by atoms with Crippen molar-refractivity contribution < 1.29 is 9.47 Å². The first-order chi connectivity index (χ1) is 19.1. The Hall–Kier alpha value is -4.61. The summed E-state index contributed by atoms with van der Waals surface area (Å²) >= 11 is 6.28. The monoisotopic (exact) mass is 529 g/mol. The van der Waals surface area contributed by atoms with Crippen molar-refractivity contribution in [1.29, 1.82) is 0 Å². The molecule has 2 aromatic heterocycles. The topological polar surface area (TPSA) is 58.8 Å². The summed E-state index contributed by atoms with van der Waals surface area (Å²) in [7, 11) is 0. The summed E-state index contributed by atoms with van der Waals surface area (Å²) in [5.41, 5.74) is 12.5. The number of aromatic nitrogens is 3. The summed E-state index contributed by atoms with van der Waals surface area (Å²) in [5, 5.41) is 0. The fourth-order valence-electron chi connectivity index (χ4n) is 5.04. The van der Waals surface area contributed by atoms with Crippen LogP contribution >= 0.6 is 11.6 Å². The molecule has 0 spiro atoms. The first-order valence-electron chi connectivity index (χ1n) is 12.9. The largest absolute Gasteiger partial charge is 0.307 e. The minimum atomic E-state index is -0.264. The van der Waals surface area contributed by atoms with Gasteiger partial charge in [0, 0.05) is 30.0 Å². The molecule has 0 fully saturated rings. The third-order valence-electron chi connectivity index (χ3n) is 6.95. The van der Waals surface area contributed by atoms with E-state index in [4.69, 9.17) is 21.6 Å². The Bertz CT molecular complexity index is 1820. The van der Waals surface area contributed by atoms with Crippen molar-refractivity contribution in [3.8, 4) is 22.4 Å². The lowest BCUT2D eigenvalue weighted by Crippen LogP contribution is -2.53. The van der Waals surface area contributed by atoms with Gasteiger partial charge in [0.1, 0.15) is 5.52 Å². The van der Waals surface area contributed by atoms with E-state index in [2.05, 4.69) is 23.6 Å². The molecule has 6 rings (SSSR count). The number of pyridine rings is 1. The number of rotatable bonds is 6. The average Bonchev–Trinajstić information content (AvgIpc) is 2.98. The third kappa shape index (κ3) is 4.73. The third-order valence-corrected chi connectivity index (χ3v) is 7.13. The van der Waals surface area contributed by atoms with Crippen molar-refractivity contribution in [2.75, 3.05) is 11.3 Å². The van der Waals surface area contributed by atoms with Crippen molar-refractivity contribution in [1.82, 2.24) is 9.97 Å². The molecule has 6 aromatic rings. The molecule has 6 heteroatoms. The molecule has 0 radical (unpaired) electrons. The van der Waals surface area contributed by atoms with Gasteiger partial charge in [-0.05, 0) is 53.9 Å². The maximum absolute atomic E-state index is 13.9. The van der Waals surface area contributed by atoms with Crippen molar-refractivity contribution in [2.45, 2.75) is 13.3 Å². The number of alkyl halides is 1. The standard InChI is InChI=1S/C33H25ClN4O/c1-22-25(19-20-34)27(23-11-4-2-5-12-23)21-31(24-13-6-3-7-14-24)38(22)37-33(39)26-15-10-18-30-32(26)36-29-17-9-8-16-28(29)35-30/h2-18,21H,19-20H2,1H3/p+1. The maximum Gasteiger partial charge on any atom is 0.307 e. The van der Waals surface area contributed by atoms with Gasteiger partial charge in [0.2, 0.25) is 11.4 Å². The average molecular weight is 530 g/mol. The number of fused-ring (bicyclic) bond motifs is 2. The minimum Gasteiger partial charge on any atom is -0.263 e. The molecule has 0 bridgehead atoms. The van der Waals surface area contributed by atoms with Crippen LogP contribution in [0.4, 0.5) is 0 Å². The smallest absolute Gasteiger partial charge is 0.263 e. The van der Waals surface area contributed by atoms with Crippen LogP contribution in [0.25, 0.3) is 44.5 Å². The molecule has 0 aliphatic carbocycles. The van der Waals surface area contributed by atoms with Gasteiger partial charge < -0.3 is 0 Å².